The van der Waals surface area contributed by atoms with Crippen molar-refractivity contribution in [2.24, 2.45) is 5.84 Å². The zero-order chi connectivity index (χ0) is 13.0. The molecule has 0 aliphatic heterocycles. The van der Waals surface area contributed by atoms with Gasteiger partial charge in [0.15, 0.2) is 0 Å². The van der Waals surface area contributed by atoms with Gasteiger partial charge < -0.3 is 5.43 Å². The van der Waals surface area contributed by atoms with Gasteiger partial charge in [0.25, 0.3) is 0 Å². The molecule has 0 aliphatic rings. The minimum absolute atomic E-state index is 0.627. The molecule has 3 N–H and O–H groups in total. The molecule has 5 nitrogen and oxygen atoms in total. The summed E-state index contributed by atoms with van der Waals surface area (Å²) in [6, 6.07) is 5.71. The number of anilines is 1. The Morgan fingerprint density at radius 1 is 1.39 bits per heavy atom. The van der Waals surface area contributed by atoms with Crippen LogP contribution in [0.3, 0.4) is 0 Å². The largest absolute Gasteiger partial charge is 0.308 e. The van der Waals surface area contributed by atoms with Crippen molar-refractivity contribution in [3.05, 3.63) is 40.4 Å². The van der Waals surface area contributed by atoms with Gasteiger partial charge in [0, 0.05) is 22.4 Å². The van der Waals surface area contributed by atoms with E-state index < -0.39 is 0 Å². The van der Waals surface area contributed by atoms with Crippen LogP contribution in [0, 0.1) is 6.92 Å². The second-order valence-electron chi connectivity index (χ2n) is 3.56. The van der Waals surface area contributed by atoms with Crippen molar-refractivity contribution < 1.29 is 0 Å². The van der Waals surface area contributed by atoms with E-state index in [-0.39, 0.29) is 0 Å². The standard InChI is InChI=1S/C11H12BrN5S/c1-7-4-9(17-13)16-10(15-7)6-18-11-3-2-8(12)5-14-11/h2-5H,6,13H2,1H3,(H,15,16,17). The highest BCUT2D eigenvalue weighted by Gasteiger charge is 2.03. The summed E-state index contributed by atoms with van der Waals surface area (Å²) in [5.74, 6) is 7.37. The lowest BCUT2D eigenvalue weighted by molar-refractivity contribution is 0.987. The van der Waals surface area contributed by atoms with Crippen molar-refractivity contribution in [2.75, 3.05) is 5.43 Å². The molecule has 0 spiro atoms. The van der Waals surface area contributed by atoms with Crippen molar-refractivity contribution in [1.29, 1.82) is 0 Å². The number of nitrogens with one attached hydrogen (secondary N) is 1. The summed E-state index contributed by atoms with van der Waals surface area (Å²) in [6.07, 6.45) is 1.77. The third kappa shape index (κ3) is 3.66. The van der Waals surface area contributed by atoms with Gasteiger partial charge in [-0.1, -0.05) is 11.8 Å². The van der Waals surface area contributed by atoms with Crippen LogP contribution < -0.4 is 11.3 Å². The molecule has 0 unspecified atom stereocenters. The SMILES string of the molecule is Cc1cc(NN)nc(CSc2ccc(Br)cn2)n1. The summed E-state index contributed by atoms with van der Waals surface area (Å²) in [6.45, 7) is 1.91. The smallest absolute Gasteiger partial charge is 0.143 e. The summed E-state index contributed by atoms with van der Waals surface area (Å²) >= 11 is 4.94. The van der Waals surface area contributed by atoms with E-state index >= 15 is 0 Å². The van der Waals surface area contributed by atoms with E-state index in [4.69, 9.17) is 5.84 Å². The maximum absolute atomic E-state index is 5.35. The fourth-order valence-corrected chi connectivity index (χ4v) is 2.29. The lowest BCUT2D eigenvalue weighted by Crippen LogP contribution is -2.10. The average molecular weight is 326 g/mol. The summed E-state index contributed by atoms with van der Waals surface area (Å²) < 4.78 is 0.966. The van der Waals surface area contributed by atoms with Gasteiger partial charge in [-0.2, -0.15) is 0 Å². The molecular formula is C11H12BrN5S. The number of nitrogens with two attached hydrogens (primary N) is 1. The number of rotatable bonds is 4. The van der Waals surface area contributed by atoms with Crippen molar-refractivity contribution in [2.45, 2.75) is 17.7 Å². The summed E-state index contributed by atoms with van der Waals surface area (Å²) in [5, 5.41) is 0.936. The Morgan fingerprint density at radius 3 is 2.89 bits per heavy atom. The molecule has 18 heavy (non-hydrogen) atoms. The van der Waals surface area contributed by atoms with Crippen LogP contribution in [0.15, 0.2) is 33.9 Å². The van der Waals surface area contributed by atoms with Gasteiger partial charge in [-0.05, 0) is 35.0 Å². The minimum atomic E-state index is 0.627. The molecule has 94 valence electrons. The second-order valence-corrected chi connectivity index (χ2v) is 5.47. The molecule has 2 rings (SSSR count). The number of nitrogen functional groups attached to an aromatic ring is 1. The van der Waals surface area contributed by atoms with Gasteiger partial charge in [-0.15, -0.1) is 0 Å². The fourth-order valence-electron chi connectivity index (χ4n) is 1.35. The third-order valence-electron chi connectivity index (χ3n) is 2.10. The van der Waals surface area contributed by atoms with Gasteiger partial charge in [0.1, 0.15) is 11.6 Å². The highest BCUT2D eigenvalue weighted by molar-refractivity contribution is 9.10. The summed E-state index contributed by atoms with van der Waals surface area (Å²) in [7, 11) is 0. The van der Waals surface area contributed by atoms with Crippen molar-refractivity contribution in [3.8, 4) is 0 Å². The monoisotopic (exact) mass is 325 g/mol. The second kappa shape index (κ2) is 6.12. The van der Waals surface area contributed by atoms with E-state index in [9.17, 15) is 0 Å². The van der Waals surface area contributed by atoms with Gasteiger partial charge in [0.05, 0.1) is 10.8 Å². The Labute approximate surface area is 118 Å². The average Bonchev–Trinajstić information content (AvgIpc) is 2.37. The van der Waals surface area contributed by atoms with E-state index in [1.54, 1.807) is 24.0 Å². The quantitative estimate of drug-likeness (QED) is 0.511. The Kier molecular flexibility index (Phi) is 4.51. The summed E-state index contributed by atoms with van der Waals surface area (Å²) in [4.78, 5) is 12.9. The van der Waals surface area contributed by atoms with Crippen molar-refractivity contribution >= 4 is 33.5 Å². The van der Waals surface area contributed by atoms with Crippen LogP contribution in [0.1, 0.15) is 11.5 Å². The lowest BCUT2D eigenvalue weighted by Gasteiger charge is -2.05. The molecule has 0 aromatic carbocycles. The number of aromatic nitrogens is 3. The number of pyridine rings is 1. The van der Waals surface area contributed by atoms with E-state index in [1.807, 2.05) is 19.1 Å². The van der Waals surface area contributed by atoms with Crippen LogP contribution in [0.5, 0.6) is 0 Å². The Balaban J connectivity index is 2.05. The Bertz CT molecular complexity index is 531. The van der Waals surface area contributed by atoms with E-state index in [1.165, 1.54) is 0 Å². The van der Waals surface area contributed by atoms with Crippen LogP contribution in [0.25, 0.3) is 0 Å². The van der Waals surface area contributed by atoms with Crippen LogP contribution >= 0.6 is 27.7 Å². The van der Waals surface area contributed by atoms with Crippen LogP contribution in [0.4, 0.5) is 5.82 Å². The first-order valence-corrected chi connectivity index (χ1v) is 7.01. The maximum Gasteiger partial charge on any atom is 0.143 e. The number of hydrazine groups is 1. The molecule has 2 aromatic rings. The zero-order valence-corrected chi connectivity index (χ0v) is 12.1. The van der Waals surface area contributed by atoms with Crippen molar-refractivity contribution in [3.63, 3.8) is 0 Å². The number of nitrogens with zero attached hydrogens (tertiary/aromatic N) is 3. The van der Waals surface area contributed by atoms with Crippen LogP contribution in [-0.2, 0) is 5.75 Å². The fraction of sp³-hybridized carbons (Fsp3) is 0.182. The van der Waals surface area contributed by atoms with Crippen molar-refractivity contribution in [1.82, 2.24) is 15.0 Å². The molecular weight excluding hydrogens is 314 g/mol. The number of hydrogen-bond acceptors (Lipinski definition) is 6. The van der Waals surface area contributed by atoms with Crippen LogP contribution in [-0.4, -0.2) is 15.0 Å². The predicted octanol–water partition coefficient (Wildman–Crippen LogP) is 2.52. The molecule has 0 aliphatic carbocycles. The molecule has 2 heterocycles. The maximum atomic E-state index is 5.35. The topological polar surface area (TPSA) is 76.7 Å². The number of halogens is 1. The Morgan fingerprint density at radius 2 is 2.22 bits per heavy atom. The zero-order valence-electron chi connectivity index (χ0n) is 9.72. The highest BCUT2D eigenvalue weighted by Crippen LogP contribution is 2.21. The first-order valence-electron chi connectivity index (χ1n) is 5.23. The number of aryl methyl sites for hydroxylation is 1. The van der Waals surface area contributed by atoms with E-state index in [2.05, 4.69) is 36.3 Å². The van der Waals surface area contributed by atoms with Gasteiger partial charge in [-0.25, -0.2) is 20.8 Å². The molecule has 2 aromatic heterocycles. The molecule has 0 amide bonds. The molecule has 0 bridgehead atoms. The number of hydrogen-bond donors (Lipinski definition) is 2. The van der Waals surface area contributed by atoms with E-state index in [0.717, 1.165) is 21.0 Å². The highest BCUT2D eigenvalue weighted by atomic mass is 79.9. The number of thioether (sulfide) groups is 1. The first-order chi connectivity index (χ1) is 8.67. The molecule has 0 saturated heterocycles. The Hall–Kier alpha value is -1.18. The molecule has 0 fully saturated rings. The minimum Gasteiger partial charge on any atom is -0.308 e. The summed E-state index contributed by atoms with van der Waals surface area (Å²) in [5.41, 5.74) is 3.42. The molecule has 7 heteroatoms. The van der Waals surface area contributed by atoms with Gasteiger partial charge in [0.2, 0.25) is 0 Å². The first kappa shape index (κ1) is 13.3. The predicted molar refractivity (Wildman–Crippen MR) is 76.1 cm³/mol. The molecule has 0 radical (unpaired) electrons. The van der Waals surface area contributed by atoms with Crippen LogP contribution in [0.2, 0.25) is 0 Å². The lowest BCUT2D eigenvalue weighted by atomic mass is 10.4. The van der Waals surface area contributed by atoms with Gasteiger partial charge >= 0.3 is 0 Å². The molecule has 0 saturated carbocycles. The van der Waals surface area contributed by atoms with E-state index in [0.29, 0.717) is 11.6 Å². The normalized spacial score (nSPS) is 10.4. The van der Waals surface area contributed by atoms with Gasteiger partial charge in [-0.3, -0.25) is 0 Å². The molecule has 0 atom stereocenters. The third-order valence-corrected chi connectivity index (χ3v) is 3.51.